The highest BCUT2D eigenvalue weighted by Gasteiger charge is 2.18. The smallest absolute Gasteiger partial charge is 0.194 e. The Bertz CT molecular complexity index is 526. The third-order valence-electron chi connectivity index (χ3n) is 3.80. The van der Waals surface area contributed by atoms with Crippen molar-refractivity contribution in [1.29, 1.82) is 0 Å². The van der Waals surface area contributed by atoms with Crippen molar-refractivity contribution in [2.45, 2.75) is 44.2 Å². The Hall–Kier alpha value is -0.520. The van der Waals surface area contributed by atoms with Gasteiger partial charge in [-0.15, -0.1) is 23.1 Å². The number of nitrogens with zero attached hydrogens (tertiary/aromatic N) is 2. The van der Waals surface area contributed by atoms with Gasteiger partial charge in [-0.05, 0) is 25.3 Å². The second-order valence-corrected chi connectivity index (χ2v) is 7.04. The van der Waals surface area contributed by atoms with Crippen molar-refractivity contribution in [3.8, 4) is 0 Å². The van der Waals surface area contributed by atoms with Crippen molar-refractivity contribution in [1.82, 2.24) is 14.7 Å². The lowest BCUT2D eigenvalue weighted by atomic mass is 10.1. The van der Waals surface area contributed by atoms with Crippen molar-refractivity contribution >= 4 is 28.1 Å². The third kappa shape index (κ3) is 2.98. The van der Waals surface area contributed by atoms with E-state index < -0.39 is 0 Å². The van der Waals surface area contributed by atoms with E-state index in [2.05, 4.69) is 28.2 Å². The summed E-state index contributed by atoms with van der Waals surface area (Å²) in [5.41, 5.74) is 1.33. The van der Waals surface area contributed by atoms with Crippen LogP contribution in [0.2, 0.25) is 0 Å². The standard InChI is InChI=1S/C14H21N3S2/c1-2-15-9-12-13(16-14-17(12)7-8-18-14)19-10-11-5-3-4-6-11/h7-8,11,15H,2-6,9-10H2,1H3. The topological polar surface area (TPSA) is 29.3 Å². The normalized spacial score (nSPS) is 16.7. The van der Waals surface area contributed by atoms with Crippen LogP contribution in [0.4, 0.5) is 0 Å². The molecule has 0 amide bonds. The van der Waals surface area contributed by atoms with E-state index in [9.17, 15) is 0 Å². The van der Waals surface area contributed by atoms with Crippen LogP contribution in [-0.2, 0) is 6.54 Å². The lowest BCUT2D eigenvalue weighted by Gasteiger charge is -2.08. The minimum absolute atomic E-state index is 0.914. The maximum Gasteiger partial charge on any atom is 0.194 e. The molecule has 2 aromatic rings. The molecular weight excluding hydrogens is 274 g/mol. The van der Waals surface area contributed by atoms with Crippen LogP contribution in [0.3, 0.4) is 0 Å². The van der Waals surface area contributed by atoms with E-state index in [0.29, 0.717) is 0 Å². The summed E-state index contributed by atoms with van der Waals surface area (Å²) in [6.07, 6.45) is 7.82. The minimum Gasteiger partial charge on any atom is -0.311 e. The Morgan fingerprint density at radius 2 is 2.32 bits per heavy atom. The Kier molecular flexibility index (Phi) is 4.45. The molecule has 1 N–H and O–H groups in total. The third-order valence-corrected chi connectivity index (χ3v) is 5.79. The number of hydrogen-bond acceptors (Lipinski definition) is 4. The Morgan fingerprint density at radius 3 is 3.11 bits per heavy atom. The molecule has 1 aliphatic rings. The van der Waals surface area contributed by atoms with Gasteiger partial charge in [-0.1, -0.05) is 19.8 Å². The van der Waals surface area contributed by atoms with Crippen molar-refractivity contribution < 1.29 is 0 Å². The van der Waals surface area contributed by atoms with Crippen molar-refractivity contribution in [3.05, 3.63) is 17.3 Å². The molecule has 0 aromatic carbocycles. The van der Waals surface area contributed by atoms with E-state index >= 15 is 0 Å². The molecule has 3 rings (SSSR count). The highest BCUT2D eigenvalue weighted by atomic mass is 32.2. The van der Waals surface area contributed by atoms with Crippen LogP contribution >= 0.6 is 23.1 Å². The zero-order valence-corrected chi connectivity index (χ0v) is 13.0. The predicted molar refractivity (Wildman–Crippen MR) is 83.1 cm³/mol. The fraction of sp³-hybridized carbons (Fsp3) is 0.643. The number of aromatic nitrogens is 2. The fourth-order valence-electron chi connectivity index (χ4n) is 2.71. The molecule has 2 aromatic heterocycles. The molecule has 0 spiro atoms. The van der Waals surface area contributed by atoms with Crippen LogP contribution in [0.25, 0.3) is 4.96 Å². The largest absolute Gasteiger partial charge is 0.311 e. The Morgan fingerprint density at radius 1 is 1.47 bits per heavy atom. The molecule has 0 bridgehead atoms. The number of hydrogen-bond donors (Lipinski definition) is 1. The Labute approximate surface area is 122 Å². The van der Waals surface area contributed by atoms with Crippen molar-refractivity contribution in [2.24, 2.45) is 5.92 Å². The molecule has 104 valence electrons. The molecule has 0 atom stereocenters. The molecule has 0 saturated heterocycles. The van der Waals surface area contributed by atoms with Gasteiger partial charge in [0.1, 0.15) is 5.03 Å². The van der Waals surface area contributed by atoms with Crippen molar-refractivity contribution in [3.63, 3.8) is 0 Å². The van der Waals surface area contributed by atoms with Crippen LogP contribution in [0.15, 0.2) is 16.6 Å². The van der Waals surface area contributed by atoms with E-state index in [4.69, 9.17) is 4.98 Å². The summed E-state index contributed by atoms with van der Waals surface area (Å²) in [6, 6.07) is 0. The average molecular weight is 295 g/mol. The second kappa shape index (κ2) is 6.29. The SMILES string of the molecule is CCNCc1c(SCC2CCCC2)nc2sccn12. The number of thioether (sulfide) groups is 1. The first kappa shape index (κ1) is 13.5. The van der Waals surface area contributed by atoms with E-state index in [-0.39, 0.29) is 0 Å². The lowest BCUT2D eigenvalue weighted by Crippen LogP contribution is -2.14. The Balaban J connectivity index is 1.74. The summed E-state index contributed by atoms with van der Waals surface area (Å²) in [4.78, 5) is 5.92. The molecule has 3 nitrogen and oxygen atoms in total. The molecule has 19 heavy (non-hydrogen) atoms. The van der Waals surface area contributed by atoms with Gasteiger partial charge < -0.3 is 5.32 Å². The lowest BCUT2D eigenvalue weighted by molar-refractivity contribution is 0.622. The quantitative estimate of drug-likeness (QED) is 0.822. The molecule has 1 fully saturated rings. The summed E-state index contributed by atoms with van der Waals surface area (Å²) in [7, 11) is 0. The van der Waals surface area contributed by atoms with Crippen molar-refractivity contribution in [2.75, 3.05) is 12.3 Å². The zero-order chi connectivity index (χ0) is 13.1. The van der Waals surface area contributed by atoms with Gasteiger partial charge in [0.2, 0.25) is 0 Å². The fourth-order valence-corrected chi connectivity index (χ4v) is 4.71. The number of nitrogens with one attached hydrogen (secondary N) is 1. The molecule has 2 heterocycles. The molecule has 0 aliphatic heterocycles. The number of imidazole rings is 1. The van der Waals surface area contributed by atoms with Gasteiger partial charge in [-0.2, -0.15) is 0 Å². The molecule has 1 saturated carbocycles. The minimum atomic E-state index is 0.914. The van der Waals surface area contributed by atoms with Gasteiger partial charge in [-0.25, -0.2) is 4.98 Å². The monoisotopic (exact) mass is 295 g/mol. The average Bonchev–Trinajstić information content (AvgIpc) is 3.11. The summed E-state index contributed by atoms with van der Waals surface area (Å²) in [6.45, 7) is 4.07. The van der Waals surface area contributed by atoms with E-state index in [0.717, 1.165) is 24.0 Å². The number of rotatable bonds is 6. The van der Waals surface area contributed by atoms with Gasteiger partial charge in [0.05, 0.1) is 5.69 Å². The van der Waals surface area contributed by atoms with Crippen LogP contribution in [0.1, 0.15) is 38.3 Å². The highest BCUT2D eigenvalue weighted by molar-refractivity contribution is 7.99. The van der Waals surface area contributed by atoms with E-state index in [1.165, 1.54) is 42.2 Å². The van der Waals surface area contributed by atoms with Crippen LogP contribution < -0.4 is 5.32 Å². The van der Waals surface area contributed by atoms with Gasteiger partial charge in [0.15, 0.2) is 4.96 Å². The molecule has 0 radical (unpaired) electrons. The van der Waals surface area contributed by atoms with E-state index in [1.54, 1.807) is 11.3 Å². The summed E-state index contributed by atoms with van der Waals surface area (Å²) < 4.78 is 2.24. The predicted octanol–water partition coefficient (Wildman–Crippen LogP) is 3.79. The highest BCUT2D eigenvalue weighted by Crippen LogP contribution is 2.33. The van der Waals surface area contributed by atoms with E-state index in [1.807, 2.05) is 11.8 Å². The summed E-state index contributed by atoms with van der Waals surface area (Å²) in [5, 5.41) is 6.78. The van der Waals surface area contributed by atoms with Crippen LogP contribution in [0.5, 0.6) is 0 Å². The number of thiazole rings is 1. The number of fused-ring (bicyclic) bond motifs is 1. The molecule has 5 heteroatoms. The maximum absolute atomic E-state index is 4.79. The summed E-state index contributed by atoms with van der Waals surface area (Å²) >= 11 is 3.68. The van der Waals surface area contributed by atoms with Crippen LogP contribution in [0, 0.1) is 5.92 Å². The second-order valence-electron chi connectivity index (χ2n) is 5.16. The first-order chi connectivity index (χ1) is 9.38. The zero-order valence-electron chi connectivity index (χ0n) is 11.4. The van der Waals surface area contributed by atoms with Crippen LogP contribution in [-0.4, -0.2) is 21.7 Å². The van der Waals surface area contributed by atoms with Gasteiger partial charge in [0, 0.05) is 23.9 Å². The summed E-state index contributed by atoms with van der Waals surface area (Å²) in [5.74, 6) is 2.15. The van der Waals surface area contributed by atoms with Gasteiger partial charge >= 0.3 is 0 Å². The first-order valence-corrected chi connectivity index (χ1v) is 9.03. The van der Waals surface area contributed by atoms with Gasteiger partial charge in [-0.3, -0.25) is 4.40 Å². The van der Waals surface area contributed by atoms with Gasteiger partial charge in [0.25, 0.3) is 0 Å². The maximum atomic E-state index is 4.79. The molecule has 1 aliphatic carbocycles. The molecular formula is C14H21N3S2. The first-order valence-electron chi connectivity index (χ1n) is 7.16. The molecule has 0 unspecified atom stereocenters.